The zero-order valence-corrected chi connectivity index (χ0v) is 8.26. The average Bonchev–Trinajstić information content (AvgIpc) is 2.69. The summed E-state index contributed by atoms with van der Waals surface area (Å²) in [7, 11) is 0. The molecule has 2 aliphatic carbocycles. The number of likely N-dealkylation sites (tertiary alicyclic amines) is 1. The second-order valence-corrected chi connectivity index (χ2v) is 5.58. The zero-order chi connectivity index (χ0) is 8.94. The molecule has 1 spiro atoms. The smallest absolute Gasteiger partial charge is 0.0774 e. The highest BCUT2D eigenvalue weighted by Gasteiger charge is 2.53. The average molecular weight is 181 g/mol. The molecule has 1 N–H and O–H groups in total. The molecule has 0 aromatic carbocycles. The molecule has 2 saturated carbocycles. The summed E-state index contributed by atoms with van der Waals surface area (Å²) in [6, 6.07) is 0. The van der Waals surface area contributed by atoms with Crippen LogP contribution >= 0.6 is 0 Å². The topological polar surface area (TPSA) is 23.5 Å². The highest BCUT2D eigenvalue weighted by atomic mass is 16.3. The summed E-state index contributed by atoms with van der Waals surface area (Å²) < 4.78 is 0. The van der Waals surface area contributed by atoms with Crippen LogP contribution < -0.4 is 0 Å². The van der Waals surface area contributed by atoms with Crippen molar-refractivity contribution in [2.45, 2.75) is 44.1 Å². The number of nitrogens with zero attached hydrogens (tertiary/aromatic N) is 1. The Kier molecular flexibility index (Phi) is 1.58. The van der Waals surface area contributed by atoms with Crippen molar-refractivity contribution in [2.75, 3.05) is 19.6 Å². The second kappa shape index (κ2) is 2.48. The van der Waals surface area contributed by atoms with E-state index >= 15 is 0 Å². The van der Waals surface area contributed by atoms with Crippen molar-refractivity contribution in [3.05, 3.63) is 0 Å². The normalized spacial score (nSPS) is 34.8. The zero-order valence-electron chi connectivity index (χ0n) is 8.26. The minimum absolute atomic E-state index is 0.309. The van der Waals surface area contributed by atoms with Gasteiger partial charge in [-0.1, -0.05) is 12.8 Å². The fraction of sp³-hybridized carbons (Fsp3) is 1.00. The minimum Gasteiger partial charge on any atom is -0.389 e. The Bertz CT molecular complexity index is 208. The van der Waals surface area contributed by atoms with Crippen LogP contribution in [0.3, 0.4) is 0 Å². The van der Waals surface area contributed by atoms with Crippen molar-refractivity contribution in [1.29, 1.82) is 0 Å². The summed E-state index contributed by atoms with van der Waals surface area (Å²) in [4.78, 5) is 2.46. The lowest BCUT2D eigenvalue weighted by atomic mass is 9.93. The SMILES string of the molecule is OC1(CN2CC3(CC3)C2)CCCC1. The van der Waals surface area contributed by atoms with E-state index in [1.807, 2.05) is 0 Å². The van der Waals surface area contributed by atoms with Gasteiger partial charge in [0, 0.05) is 19.6 Å². The molecule has 0 aromatic heterocycles. The van der Waals surface area contributed by atoms with Crippen LogP contribution in [0.5, 0.6) is 0 Å². The molecule has 0 unspecified atom stereocenters. The number of aliphatic hydroxyl groups is 1. The van der Waals surface area contributed by atoms with E-state index in [0.29, 0.717) is 0 Å². The van der Waals surface area contributed by atoms with Crippen molar-refractivity contribution in [2.24, 2.45) is 5.41 Å². The molecule has 0 amide bonds. The first-order valence-corrected chi connectivity index (χ1v) is 5.65. The molecule has 0 atom stereocenters. The highest BCUT2D eigenvalue weighted by Crippen LogP contribution is 2.53. The maximum Gasteiger partial charge on any atom is 0.0774 e. The van der Waals surface area contributed by atoms with Crippen LogP contribution in [-0.4, -0.2) is 35.2 Å². The van der Waals surface area contributed by atoms with Gasteiger partial charge in [0.1, 0.15) is 0 Å². The summed E-state index contributed by atoms with van der Waals surface area (Å²) in [6.45, 7) is 3.50. The predicted octanol–water partition coefficient (Wildman–Crippen LogP) is 1.39. The van der Waals surface area contributed by atoms with E-state index in [2.05, 4.69) is 4.90 Å². The second-order valence-electron chi connectivity index (χ2n) is 5.58. The van der Waals surface area contributed by atoms with Gasteiger partial charge in [-0.3, -0.25) is 4.90 Å². The van der Waals surface area contributed by atoms with E-state index in [0.717, 1.165) is 24.8 Å². The summed E-state index contributed by atoms with van der Waals surface area (Å²) in [5.41, 5.74) is 0.436. The third kappa shape index (κ3) is 1.40. The van der Waals surface area contributed by atoms with Gasteiger partial charge in [0.2, 0.25) is 0 Å². The molecule has 2 heteroatoms. The van der Waals surface area contributed by atoms with E-state index < -0.39 is 0 Å². The van der Waals surface area contributed by atoms with Gasteiger partial charge in [0.15, 0.2) is 0 Å². The molecule has 2 nitrogen and oxygen atoms in total. The summed E-state index contributed by atoms with van der Waals surface area (Å²) in [5, 5.41) is 10.2. The van der Waals surface area contributed by atoms with Gasteiger partial charge in [-0.15, -0.1) is 0 Å². The Morgan fingerprint density at radius 2 is 1.62 bits per heavy atom. The van der Waals surface area contributed by atoms with Crippen molar-refractivity contribution in [3.8, 4) is 0 Å². The van der Waals surface area contributed by atoms with E-state index in [9.17, 15) is 5.11 Å². The van der Waals surface area contributed by atoms with Crippen LogP contribution in [0.15, 0.2) is 0 Å². The molecule has 0 radical (unpaired) electrons. The molecule has 3 rings (SSSR count). The standard InChI is InChI=1S/C11H19NO/c13-11(3-1-2-4-11)9-12-7-10(8-12)5-6-10/h13H,1-9H2. The Morgan fingerprint density at radius 3 is 2.15 bits per heavy atom. The van der Waals surface area contributed by atoms with Crippen molar-refractivity contribution in [1.82, 2.24) is 4.90 Å². The first-order valence-electron chi connectivity index (χ1n) is 5.65. The fourth-order valence-electron chi connectivity index (χ4n) is 3.11. The molecule has 0 aromatic rings. The quantitative estimate of drug-likeness (QED) is 0.696. The number of hydrogen-bond donors (Lipinski definition) is 1. The summed E-state index contributed by atoms with van der Waals surface area (Å²) >= 11 is 0. The maximum absolute atomic E-state index is 10.2. The number of rotatable bonds is 2. The lowest BCUT2D eigenvalue weighted by Crippen LogP contribution is -2.54. The highest BCUT2D eigenvalue weighted by molar-refractivity contribution is 5.06. The molecule has 74 valence electrons. The van der Waals surface area contributed by atoms with Crippen molar-refractivity contribution < 1.29 is 5.11 Å². The molecule has 1 saturated heterocycles. The van der Waals surface area contributed by atoms with Gasteiger partial charge in [-0.05, 0) is 31.1 Å². The van der Waals surface area contributed by atoms with Crippen LogP contribution in [0.4, 0.5) is 0 Å². The van der Waals surface area contributed by atoms with Crippen molar-refractivity contribution in [3.63, 3.8) is 0 Å². The molecule has 13 heavy (non-hydrogen) atoms. The van der Waals surface area contributed by atoms with Gasteiger partial charge < -0.3 is 5.11 Å². The molecule has 3 aliphatic rings. The monoisotopic (exact) mass is 181 g/mol. The summed E-state index contributed by atoms with van der Waals surface area (Å²) in [6.07, 6.45) is 7.43. The first-order chi connectivity index (χ1) is 6.20. The third-order valence-electron chi connectivity index (χ3n) is 4.13. The molecule has 0 bridgehead atoms. The summed E-state index contributed by atoms with van der Waals surface area (Å²) in [5.74, 6) is 0. The molecule has 3 fully saturated rings. The molecular formula is C11H19NO. The largest absolute Gasteiger partial charge is 0.389 e. The van der Waals surface area contributed by atoms with Gasteiger partial charge in [-0.2, -0.15) is 0 Å². The number of β-amino-alcohol motifs (C(OH)–C–C–N with tert-alkyl or cyclic N) is 1. The van der Waals surface area contributed by atoms with Crippen LogP contribution in [0.2, 0.25) is 0 Å². The minimum atomic E-state index is -0.309. The predicted molar refractivity (Wildman–Crippen MR) is 51.5 cm³/mol. The Balaban J connectivity index is 1.52. The van der Waals surface area contributed by atoms with Crippen LogP contribution in [0.1, 0.15) is 38.5 Å². The third-order valence-corrected chi connectivity index (χ3v) is 4.13. The van der Waals surface area contributed by atoms with E-state index in [4.69, 9.17) is 0 Å². The van der Waals surface area contributed by atoms with Crippen LogP contribution in [0.25, 0.3) is 0 Å². The van der Waals surface area contributed by atoms with Gasteiger partial charge in [0.05, 0.1) is 5.60 Å². The molecule has 1 aliphatic heterocycles. The van der Waals surface area contributed by atoms with Gasteiger partial charge >= 0.3 is 0 Å². The first kappa shape index (κ1) is 8.25. The van der Waals surface area contributed by atoms with Gasteiger partial charge in [0.25, 0.3) is 0 Å². The van der Waals surface area contributed by atoms with E-state index in [1.165, 1.54) is 38.8 Å². The van der Waals surface area contributed by atoms with E-state index in [-0.39, 0.29) is 5.60 Å². The van der Waals surface area contributed by atoms with E-state index in [1.54, 1.807) is 0 Å². The Morgan fingerprint density at radius 1 is 1.00 bits per heavy atom. The molecular weight excluding hydrogens is 162 g/mol. The fourth-order valence-corrected chi connectivity index (χ4v) is 3.11. The van der Waals surface area contributed by atoms with Crippen molar-refractivity contribution >= 4 is 0 Å². The maximum atomic E-state index is 10.2. The molecule has 1 heterocycles. The lowest BCUT2D eigenvalue weighted by molar-refractivity contribution is -0.0331. The van der Waals surface area contributed by atoms with Gasteiger partial charge in [-0.25, -0.2) is 0 Å². The lowest BCUT2D eigenvalue weighted by Gasteiger charge is -2.43. The number of hydrogen-bond acceptors (Lipinski definition) is 2. The van der Waals surface area contributed by atoms with Crippen LogP contribution in [-0.2, 0) is 0 Å². The van der Waals surface area contributed by atoms with Crippen LogP contribution in [0, 0.1) is 5.41 Å². The Hall–Kier alpha value is -0.0800. The Labute approximate surface area is 79.9 Å².